The van der Waals surface area contributed by atoms with Crippen molar-refractivity contribution in [2.75, 3.05) is 5.32 Å². The Morgan fingerprint density at radius 3 is 2.22 bits per heavy atom. The van der Waals surface area contributed by atoms with Crippen molar-refractivity contribution < 1.29 is 0 Å². The fourth-order valence-electron chi connectivity index (χ4n) is 3.25. The van der Waals surface area contributed by atoms with E-state index < -0.39 is 0 Å². The van der Waals surface area contributed by atoms with Gasteiger partial charge in [0.05, 0.1) is 11.8 Å². The average molecular weight is 372 g/mol. The summed E-state index contributed by atoms with van der Waals surface area (Å²) in [4.78, 5) is 0. The molecule has 4 rings (SSSR count). The Kier molecular flexibility index (Phi) is 4.99. The third-order valence-corrected chi connectivity index (χ3v) is 5.00. The van der Waals surface area contributed by atoms with Gasteiger partial charge in [0.2, 0.25) is 0 Å². The maximum absolute atomic E-state index is 5.71. The number of thiocarbonyl (C=S) groups is 1. The highest BCUT2D eigenvalue weighted by Gasteiger charge is 2.31. The molecule has 0 radical (unpaired) electrons. The van der Waals surface area contributed by atoms with E-state index in [0.29, 0.717) is 5.11 Å². The van der Waals surface area contributed by atoms with Crippen LogP contribution in [0, 0.1) is 6.92 Å². The molecule has 1 aliphatic heterocycles. The summed E-state index contributed by atoms with van der Waals surface area (Å²) in [5.41, 5.74) is 5.62. The first-order chi connectivity index (χ1) is 13.2. The minimum atomic E-state index is 0.0875. The summed E-state index contributed by atoms with van der Waals surface area (Å²) in [6.45, 7) is 2.10. The van der Waals surface area contributed by atoms with Gasteiger partial charge in [-0.05, 0) is 42.4 Å². The van der Waals surface area contributed by atoms with Gasteiger partial charge in [0.25, 0.3) is 0 Å². The zero-order chi connectivity index (χ0) is 18.6. The summed E-state index contributed by atoms with van der Waals surface area (Å²) in [6.07, 6.45) is 0.823. The molecule has 0 aliphatic carbocycles. The Bertz CT molecular complexity index is 950. The summed E-state index contributed by atoms with van der Waals surface area (Å²) in [5, 5.41) is 10.7. The van der Waals surface area contributed by atoms with Crippen LogP contribution in [0.4, 0.5) is 5.69 Å². The summed E-state index contributed by atoms with van der Waals surface area (Å²) >= 11 is 5.71. The first-order valence-electron chi connectivity index (χ1n) is 9.05. The van der Waals surface area contributed by atoms with Crippen molar-refractivity contribution in [3.63, 3.8) is 0 Å². The largest absolute Gasteiger partial charge is 0.331 e. The van der Waals surface area contributed by atoms with E-state index in [2.05, 4.69) is 48.6 Å². The van der Waals surface area contributed by atoms with Crippen LogP contribution in [0.15, 0.2) is 90.0 Å². The molecule has 3 aromatic carbocycles. The number of anilines is 1. The standard InChI is InChI=1S/C23H21N3S/c1-17-12-14-19(15-13-17)22-16-21(18-8-4-2-5-9-18)25-26(22)23(27)24-20-10-6-3-7-11-20/h2-15,22H,16H2,1H3,(H,24,27). The van der Waals surface area contributed by atoms with E-state index in [1.165, 1.54) is 11.1 Å². The summed E-state index contributed by atoms with van der Waals surface area (Å²) in [6, 6.07) is 29.0. The molecule has 0 aromatic heterocycles. The van der Waals surface area contributed by atoms with Gasteiger partial charge in [-0.3, -0.25) is 0 Å². The maximum atomic E-state index is 5.71. The number of benzene rings is 3. The van der Waals surface area contributed by atoms with Crippen molar-refractivity contribution in [1.82, 2.24) is 5.01 Å². The average Bonchev–Trinajstić information content (AvgIpc) is 3.16. The van der Waals surface area contributed by atoms with E-state index >= 15 is 0 Å². The second kappa shape index (κ2) is 7.72. The minimum Gasteiger partial charge on any atom is -0.331 e. The molecule has 4 heteroatoms. The van der Waals surface area contributed by atoms with Crippen LogP contribution in [0.1, 0.15) is 29.2 Å². The van der Waals surface area contributed by atoms with Gasteiger partial charge in [0.1, 0.15) is 0 Å². The van der Waals surface area contributed by atoms with Gasteiger partial charge >= 0.3 is 0 Å². The Balaban J connectivity index is 1.65. The number of hydrazone groups is 1. The van der Waals surface area contributed by atoms with Crippen molar-refractivity contribution in [1.29, 1.82) is 0 Å². The third kappa shape index (κ3) is 3.91. The van der Waals surface area contributed by atoms with Gasteiger partial charge in [0.15, 0.2) is 5.11 Å². The van der Waals surface area contributed by atoms with Crippen LogP contribution in [-0.4, -0.2) is 15.8 Å². The normalized spacial score (nSPS) is 16.1. The number of aryl methyl sites for hydroxylation is 1. The highest BCUT2D eigenvalue weighted by molar-refractivity contribution is 7.80. The van der Waals surface area contributed by atoms with Crippen molar-refractivity contribution in [3.05, 3.63) is 102 Å². The Morgan fingerprint density at radius 1 is 0.926 bits per heavy atom. The van der Waals surface area contributed by atoms with Gasteiger partial charge < -0.3 is 5.32 Å². The second-order valence-corrected chi connectivity index (χ2v) is 7.07. The molecule has 0 bridgehead atoms. The predicted octanol–water partition coefficient (Wildman–Crippen LogP) is 5.54. The molecule has 0 saturated heterocycles. The number of rotatable bonds is 3. The van der Waals surface area contributed by atoms with Crippen LogP contribution in [0.3, 0.4) is 0 Å². The zero-order valence-corrected chi connectivity index (χ0v) is 16.0. The van der Waals surface area contributed by atoms with Crippen LogP contribution in [0.5, 0.6) is 0 Å². The maximum Gasteiger partial charge on any atom is 0.194 e. The van der Waals surface area contributed by atoms with Gasteiger partial charge in [-0.2, -0.15) is 5.10 Å². The molecule has 3 aromatic rings. The second-order valence-electron chi connectivity index (χ2n) is 6.68. The highest BCUT2D eigenvalue weighted by atomic mass is 32.1. The molecule has 1 aliphatic rings. The lowest BCUT2D eigenvalue weighted by Gasteiger charge is -2.25. The Hall–Kier alpha value is -2.98. The van der Waals surface area contributed by atoms with E-state index in [9.17, 15) is 0 Å². The number of hydrogen-bond acceptors (Lipinski definition) is 2. The first kappa shape index (κ1) is 17.4. The highest BCUT2D eigenvalue weighted by Crippen LogP contribution is 2.33. The van der Waals surface area contributed by atoms with Crippen LogP contribution < -0.4 is 5.32 Å². The fraction of sp³-hybridized carbons (Fsp3) is 0.130. The van der Waals surface area contributed by atoms with Crippen molar-refractivity contribution in [3.8, 4) is 0 Å². The zero-order valence-electron chi connectivity index (χ0n) is 15.2. The van der Waals surface area contributed by atoms with Gasteiger partial charge in [0, 0.05) is 12.1 Å². The number of nitrogens with one attached hydrogen (secondary N) is 1. The predicted molar refractivity (Wildman–Crippen MR) is 116 cm³/mol. The molecule has 27 heavy (non-hydrogen) atoms. The Morgan fingerprint density at radius 2 is 1.56 bits per heavy atom. The molecular weight excluding hydrogens is 350 g/mol. The Labute approximate surface area is 165 Å². The fourth-order valence-corrected chi connectivity index (χ4v) is 3.54. The quantitative estimate of drug-likeness (QED) is 0.612. The molecule has 134 valence electrons. The molecule has 1 atom stereocenters. The lowest BCUT2D eigenvalue weighted by molar-refractivity contribution is 0.375. The van der Waals surface area contributed by atoms with E-state index in [1.807, 2.05) is 53.5 Å². The van der Waals surface area contributed by atoms with Crippen molar-refractivity contribution in [2.45, 2.75) is 19.4 Å². The van der Waals surface area contributed by atoms with Crippen LogP contribution in [0.25, 0.3) is 0 Å². The van der Waals surface area contributed by atoms with Crippen molar-refractivity contribution in [2.24, 2.45) is 5.10 Å². The molecule has 1 unspecified atom stereocenters. The molecule has 0 amide bonds. The van der Waals surface area contributed by atoms with Crippen molar-refractivity contribution >= 4 is 28.7 Å². The lowest BCUT2D eigenvalue weighted by atomic mass is 9.98. The summed E-state index contributed by atoms with van der Waals surface area (Å²) < 4.78 is 0. The number of para-hydroxylation sites is 1. The summed E-state index contributed by atoms with van der Waals surface area (Å²) in [5.74, 6) is 0. The number of nitrogens with zero attached hydrogens (tertiary/aromatic N) is 2. The minimum absolute atomic E-state index is 0.0875. The monoisotopic (exact) mass is 371 g/mol. The van der Waals surface area contributed by atoms with Crippen LogP contribution in [-0.2, 0) is 0 Å². The van der Waals surface area contributed by atoms with Gasteiger partial charge in [-0.25, -0.2) is 5.01 Å². The first-order valence-corrected chi connectivity index (χ1v) is 9.46. The van der Waals surface area contributed by atoms with E-state index in [0.717, 1.165) is 23.4 Å². The van der Waals surface area contributed by atoms with E-state index in [1.54, 1.807) is 0 Å². The van der Waals surface area contributed by atoms with Gasteiger partial charge in [-0.1, -0.05) is 78.4 Å². The molecule has 0 spiro atoms. The topological polar surface area (TPSA) is 27.6 Å². The number of hydrogen-bond donors (Lipinski definition) is 1. The van der Waals surface area contributed by atoms with Gasteiger partial charge in [-0.15, -0.1) is 0 Å². The smallest absolute Gasteiger partial charge is 0.194 e. The molecule has 1 N–H and O–H groups in total. The molecule has 3 nitrogen and oxygen atoms in total. The van der Waals surface area contributed by atoms with Crippen LogP contribution in [0.2, 0.25) is 0 Å². The van der Waals surface area contributed by atoms with Crippen LogP contribution >= 0.6 is 12.2 Å². The molecule has 0 fully saturated rings. The lowest BCUT2D eigenvalue weighted by Crippen LogP contribution is -2.31. The summed E-state index contributed by atoms with van der Waals surface area (Å²) in [7, 11) is 0. The third-order valence-electron chi connectivity index (χ3n) is 4.71. The van der Waals surface area contributed by atoms with E-state index in [-0.39, 0.29) is 6.04 Å². The molecular formula is C23H21N3S. The molecule has 0 saturated carbocycles. The SMILES string of the molecule is Cc1ccc(C2CC(c3ccccc3)=NN2C(=S)Nc2ccccc2)cc1. The molecule has 1 heterocycles. The van der Waals surface area contributed by atoms with E-state index in [4.69, 9.17) is 17.3 Å².